The number of nitrogens with two attached hydrogens (primary N) is 1. The Labute approximate surface area is 83.0 Å². The zero-order chi connectivity index (χ0) is 10.1. The lowest BCUT2D eigenvalue weighted by molar-refractivity contribution is 0.476. The molecule has 0 heterocycles. The number of hydrogen-bond acceptors (Lipinski definition) is 2. The second-order valence-corrected chi connectivity index (χ2v) is 3.39. The summed E-state index contributed by atoms with van der Waals surface area (Å²) in [5.74, 6) is 0.290. The molecule has 0 aromatic heterocycles. The first-order valence-electron chi connectivity index (χ1n) is 4.72. The lowest BCUT2D eigenvalue weighted by atomic mass is 10.0. The Balaban J connectivity index is 2.84. The molecule has 0 fully saturated rings. The van der Waals surface area contributed by atoms with Gasteiger partial charge in [-0.25, -0.2) is 0 Å². The molecule has 2 aromatic rings. The number of aromatic hydroxyl groups is 1. The number of fused-ring (bicyclic) bond motifs is 1. The molecule has 14 heavy (non-hydrogen) atoms. The smallest absolute Gasteiger partial charge is 0.116 e. The van der Waals surface area contributed by atoms with E-state index < -0.39 is 0 Å². The van der Waals surface area contributed by atoms with Gasteiger partial charge in [0.15, 0.2) is 0 Å². The van der Waals surface area contributed by atoms with Crippen molar-refractivity contribution in [2.75, 3.05) is 5.73 Å². The lowest BCUT2D eigenvalue weighted by Gasteiger charge is -2.08. The van der Waals surface area contributed by atoms with Crippen LogP contribution in [-0.2, 0) is 6.42 Å². The van der Waals surface area contributed by atoms with Gasteiger partial charge in [0.2, 0.25) is 0 Å². The van der Waals surface area contributed by atoms with Crippen LogP contribution in [0.25, 0.3) is 10.8 Å². The highest BCUT2D eigenvalue weighted by atomic mass is 16.3. The highest BCUT2D eigenvalue weighted by molar-refractivity contribution is 5.90. The molecule has 2 nitrogen and oxygen atoms in total. The predicted molar refractivity (Wildman–Crippen MR) is 59.4 cm³/mol. The molecule has 0 saturated heterocycles. The summed E-state index contributed by atoms with van der Waals surface area (Å²) in [6.45, 7) is 2.06. The van der Waals surface area contributed by atoms with E-state index in [0.717, 1.165) is 28.4 Å². The minimum atomic E-state index is 0.290. The van der Waals surface area contributed by atoms with Crippen LogP contribution in [0, 0.1) is 0 Å². The Bertz CT molecular complexity index is 472. The highest BCUT2D eigenvalue weighted by Gasteiger charge is 2.03. The largest absolute Gasteiger partial charge is 0.508 e. The van der Waals surface area contributed by atoms with E-state index in [1.54, 1.807) is 12.1 Å². The molecule has 0 amide bonds. The third-order valence-corrected chi connectivity index (χ3v) is 2.51. The molecular formula is C12H13NO. The van der Waals surface area contributed by atoms with Gasteiger partial charge >= 0.3 is 0 Å². The van der Waals surface area contributed by atoms with Crippen LogP contribution >= 0.6 is 0 Å². The van der Waals surface area contributed by atoms with E-state index in [1.807, 2.05) is 18.2 Å². The maximum Gasteiger partial charge on any atom is 0.116 e. The normalized spacial score (nSPS) is 10.6. The summed E-state index contributed by atoms with van der Waals surface area (Å²) in [4.78, 5) is 0. The van der Waals surface area contributed by atoms with Crippen LogP contribution in [0.4, 0.5) is 5.69 Å². The predicted octanol–water partition coefficient (Wildman–Crippen LogP) is 2.69. The molecule has 0 aliphatic heterocycles. The van der Waals surface area contributed by atoms with Gasteiger partial charge in [0.05, 0.1) is 0 Å². The molecule has 72 valence electrons. The Hall–Kier alpha value is -1.70. The van der Waals surface area contributed by atoms with Gasteiger partial charge in [0.25, 0.3) is 0 Å². The molecule has 0 unspecified atom stereocenters. The van der Waals surface area contributed by atoms with Gasteiger partial charge in [-0.05, 0) is 41.0 Å². The number of phenolic OH excluding ortho intramolecular Hbond substituents is 1. The van der Waals surface area contributed by atoms with Crippen LogP contribution in [-0.4, -0.2) is 5.11 Å². The summed E-state index contributed by atoms with van der Waals surface area (Å²) in [5, 5.41) is 11.6. The molecular weight excluding hydrogens is 174 g/mol. The molecule has 2 rings (SSSR count). The average molecular weight is 187 g/mol. The van der Waals surface area contributed by atoms with Gasteiger partial charge < -0.3 is 10.8 Å². The van der Waals surface area contributed by atoms with Crippen LogP contribution in [0.1, 0.15) is 12.5 Å². The third-order valence-electron chi connectivity index (χ3n) is 2.51. The fraction of sp³-hybridized carbons (Fsp3) is 0.167. The average Bonchev–Trinajstić information content (AvgIpc) is 2.17. The maximum atomic E-state index is 9.40. The van der Waals surface area contributed by atoms with Gasteiger partial charge in [-0.1, -0.05) is 19.1 Å². The molecule has 0 aliphatic rings. The summed E-state index contributed by atoms with van der Waals surface area (Å²) in [6, 6.07) is 9.26. The zero-order valence-electron chi connectivity index (χ0n) is 8.12. The van der Waals surface area contributed by atoms with Crippen LogP contribution in [0.2, 0.25) is 0 Å². The molecule has 0 spiro atoms. The number of aryl methyl sites for hydroxylation is 1. The van der Waals surface area contributed by atoms with Gasteiger partial charge in [0, 0.05) is 5.69 Å². The van der Waals surface area contributed by atoms with Crippen LogP contribution in [0.3, 0.4) is 0 Å². The minimum absolute atomic E-state index is 0.290. The second-order valence-electron chi connectivity index (χ2n) is 3.39. The highest BCUT2D eigenvalue weighted by Crippen LogP contribution is 2.27. The van der Waals surface area contributed by atoms with Crippen molar-refractivity contribution in [3.05, 3.63) is 35.9 Å². The van der Waals surface area contributed by atoms with Gasteiger partial charge in [-0.3, -0.25) is 0 Å². The molecule has 2 aromatic carbocycles. The minimum Gasteiger partial charge on any atom is -0.508 e. The van der Waals surface area contributed by atoms with Crippen molar-refractivity contribution < 1.29 is 5.11 Å². The third kappa shape index (κ3) is 1.29. The monoisotopic (exact) mass is 187 g/mol. The van der Waals surface area contributed by atoms with E-state index in [0.29, 0.717) is 0 Å². The van der Waals surface area contributed by atoms with Gasteiger partial charge in [-0.15, -0.1) is 0 Å². The zero-order valence-corrected chi connectivity index (χ0v) is 8.12. The Morgan fingerprint density at radius 3 is 2.64 bits per heavy atom. The van der Waals surface area contributed by atoms with Crippen molar-refractivity contribution in [3.63, 3.8) is 0 Å². The first kappa shape index (κ1) is 8.88. The van der Waals surface area contributed by atoms with Crippen LogP contribution in [0.15, 0.2) is 30.3 Å². The lowest BCUT2D eigenvalue weighted by Crippen LogP contribution is -1.93. The number of anilines is 1. The molecule has 0 saturated carbocycles. The molecule has 2 heteroatoms. The SMILES string of the molecule is CCc1c(N)ccc2ccc(O)cc12. The summed E-state index contributed by atoms with van der Waals surface area (Å²) in [7, 11) is 0. The molecule has 0 atom stereocenters. The van der Waals surface area contributed by atoms with Crippen LogP contribution < -0.4 is 5.73 Å². The topological polar surface area (TPSA) is 46.2 Å². The van der Waals surface area contributed by atoms with Crippen molar-refractivity contribution in [2.45, 2.75) is 13.3 Å². The van der Waals surface area contributed by atoms with E-state index in [-0.39, 0.29) is 5.75 Å². The Morgan fingerprint density at radius 2 is 1.93 bits per heavy atom. The molecule has 0 radical (unpaired) electrons. The molecule has 0 bridgehead atoms. The first-order valence-corrected chi connectivity index (χ1v) is 4.72. The van der Waals surface area contributed by atoms with Crippen molar-refractivity contribution >= 4 is 16.5 Å². The Morgan fingerprint density at radius 1 is 1.21 bits per heavy atom. The number of phenols is 1. The number of nitrogen functional groups attached to an aromatic ring is 1. The summed E-state index contributed by atoms with van der Waals surface area (Å²) < 4.78 is 0. The summed E-state index contributed by atoms with van der Waals surface area (Å²) >= 11 is 0. The molecule has 0 aliphatic carbocycles. The number of benzene rings is 2. The van der Waals surface area contributed by atoms with Crippen molar-refractivity contribution in [1.29, 1.82) is 0 Å². The summed E-state index contributed by atoms with van der Waals surface area (Å²) in [5.41, 5.74) is 7.77. The quantitative estimate of drug-likeness (QED) is 0.674. The second kappa shape index (κ2) is 3.22. The van der Waals surface area contributed by atoms with E-state index in [4.69, 9.17) is 5.73 Å². The first-order chi connectivity index (χ1) is 6.72. The summed E-state index contributed by atoms with van der Waals surface area (Å²) in [6.07, 6.45) is 0.882. The van der Waals surface area contributed by atoms with Crippen molar-refractivity contribution in [1.82, 2.24) is 0 Å². The van der Waals surface area contributed by atoms with E-state index in [1.165, 1.54) is 0 Å². The van der Waals surface area contributed by atoms with Crippen molar-refractivity contribution in [2.24, 2.45) is 0 Å². The van der Waals surface area contributed by atoms with E-state index in [9.17, 15) is 5.11 Å². The fourth-order valence-corrected chi connectivity index (χ4v) is 1.78. The molecule has 3 N–H and O–H groups in total. The van der Waals surface area contributed by atoms with E-state index in [2.05, 4.69) is 6.92 Å². The Kier molecular flexibility index (Phi) is 2.04. The van der Waals surface area contributed by atoms with Gasteiger partial charge in [0.1, 0.15) is 5.75 Å². The van der Waals surface area contributed by atoms with E-state index >= 15 is 0 Å². The maximum absolute atomic E-state index is 9.40. The van der Waals surface area contributed by atoms with Gasteiger partial charge in [-0.2, -0.15) is 0 Å². The van der Waals surface area contributed by atoms with Crippen molar-refractivity contribution in [3.8, 4) is 5.75 Å². The number of hydrogen-bond donors (Lipinski definition) is 2. The standard InChI is InChI=1S/C12H13NO/c1-2-10-11-7-9(14)5-3-8(11)4-6-12(10)13/h3-7,14H,2,13H2,1H3. The fourth-order valence-electron chi connectivity index (χ4n) is 1.78. The number of rotatable bonds is 1. The van der Waals surface area contributed by atoms with Crippen LogP contribution in [0.5, 0.6) is 5.75 Å².